The van der Waals surface area contributed by atoms with Gasteiger partial charge >= 0.3 is 0 Å². The first-order chi connectivity index (χ1) is 14.7. The van der Waals surface area contributed by atoms with Gasteiger partial charge in [0, 0.05) is 12.1 Å². The predicted molar refractivity (Wildman–Crippen MR) is 114 cm³/mol. The third-order valence-electron chi connectivity index (χ3n) is 5.31. The minimum atomic E-state index is 0.148. The normalized spacial score (nSPS) is 13.4. The average molecular weight is 399 g/mol. The van der Waals surface area contributed by atoms with E-state index >= 15 is 0 Å². The van der Waals surface area contributed by atoms with Crippen LogP contribution in [0.15, 0.2) is 66.7 Å². The molecule has 150 valence electrons. The summed E-state index contributed by atoms with van der Waals surface area (Å²) in [6.45, 7) is 3.61. The van der Waals surface area contributed by atoms with E-state index in [2.05, 4.69) is 45.5 Å². The number of ether oxygens (including phenoxy) is 1. The van der Waals surface area contributed by atoms with Gasteiger partial charge in [0.2, 0.25) is 0 Å². The molecule has 0 bridgehead atoms. The molecule has 3 aromatic carbocycles. The number of hydrogen-bond donors (Lipinski definition) is 1. The average Bonchev–Trinajstić information content (AvgIpc) is 3.15. The number of anilines is 1. The third-order valence-corrected chi connectivity index (χ3v) is 5.31. The zero-order valence-corrected chi connectivity index (χ0v) is 16.6. The van der Waals surface area contributed by atoms with Crippen LogP contribution in [0.3, 0.4) is 0 Å². The Morgan fingerprint density at radius 2 is 1.80 bits per heavy atom. The van der Waals surface area contributed by atoms with E-state index in [9.17, 15) is 5.11 Å². The van der Waals surface area contributed by atoms with Crippen molar-refractivity contribution in [3.05, 3.63) is 77.9 Å². The van der Waals surface area contributed by atoms with Crippen LogP contribution < -0.4 is 9.64 Å². The van der Waals surface area contributed by atoms with Crippen molar-refractivity contribution < 1.29 is 9.84 Å². The van der Waals surface area contributed by atoms with Crippen LogP contribution in [0.1, 0.15) is 11.1 Å². The number of tetrazole rings is 1. The Kier molecular flexibility index (Phi) is 4.55. The predicted octanol–water partition coefficient (Wildman–Crippen LogP) is 3.74. The van der Waals surface area contributed by atoms with Crippen molar-refractivity contribution >= 4 is 5.95 Å². The van der Waals surface area contributed by atoms with Gasteiger partial charge in [-0.1, -0.05) is 47.6 Å². The quantitative estimate of drug-likeness (QED) is 0.566. The van der Waals surface area contributed by atoms with Gasteiger partial charge in [-0.05, 0) is 58.3 Å². The molecule has 1 aromatic heterocycles. The number of rotatable bonds is 3. The van der Waals surface area contributed by atoms with E-state index in [4.69, 9.17) is 4.74 Å². The van der Waals surface area contributed by atoms with Gasteiger partial charge in [-0.2, -0.15) is 4.68 Å². The number of aryl methyl sites for hydroxylation is 1. The van der Waals surface area contributed by atoms with E-state index in [0.29, 0.717) is 31.4 Å². The molecule has 0 spiro atoms. The van der Waals surface area contributed by atoms with Crippen LogP contribution in [0.5, 0.6) is 11.5 Å². The molecule has 0 saturated carbocycles. The first kappa shape index (κ1) is 18.2. The molecule has 7 nitrogen and oxygen atoms in total. The van der Waals surface area contributed by atoms with Gasteiger partial charge in [-0.15, -0.1) is 0 Å². The maximum atomic E-state index is 10.7. The molecule has 1 aliphatic heterocycles. The Balaban J connectivity index is 1.55. The number of hydrogen-bond acceptors (Lipinski definition) is 6. The van der Waals surface area contributed by atoms with Gasteiger partial charge in [-0.25, -0.2) is 0 Å². The molecule has 30 heavy (non-hydrogen) atoms. The van der Waals surface area contributed by atoms with E-state index < -0.39 is 0 Å². The zero-order chi connectivity index (χ0) is 20.5. The van der Waals surface area contributed by atoms with E-state index in [0.717, 1.165) is 27.9 Å². The standard InChI is InChI=1S/C23H21N5O2/c1-16-7-5-6-10-20(16)17-13-18-15-27(11-12-30-22(18)21(29)14-17)23-24-25-26-28(23)19-8-3-2-4-9-19/h2-10,13-14,29H,11-12,15H2,1H3. The molecule has 0 amide bonds. The highest BCUT2D eigenvalue weighted by atomic mass is 16.5. The fourth-order valence-corrected chi connectivity index (χ4v) is 3.84. The van der Waals surface area contributed by atoms with Crippen LogP contribution in [0.4, 0.5) is 5.95 Å². The molecule has 0 aliphatic carbocycles. The largest absolute Gasteiger partial charge is 0.504 e. The number of para-hydroxylation sites is 1. The fraction of sp³-hybridized carbons (Fsp3) is 0.174. The monoisotopic (exact) mass is 399 g/mol. The summed E-state index contributed by atoms with van der Waals surface area (Å²) >= 11 is 0. The maximum absolute atomic E-state index is 10.7. The smallest absolute Gasteiger partial charge is 0.250 e. The first-order valence-electron chi connectivity index (χ1n) is 9.84. The second-order valence-corrected chi connectivity index (χ2v) is 7.29. The van der Waals surface area contributed by atoms with E-state index in [1.54, 1.807) is 10.7 Å². The van der Waals surface area contributed by atoms with Crippen LogP contribution in [0.2, 0.25) is 0 Å². The maximum Gasteiger partial charge on any atom is 0.250 e. The van der Waals surface area contributed by atoms with Gasteiger partial charge in [-0.3, -0.25) is 0 Å². The Bertz CT molecular complexity index is 1190. The number of aromatic nitrogens is 4. The molecule has 7 heteroatoms. The fourth-order valence-electron chi connectivity index (χ4n) is 3.84. The van der Waals surface area contributed by atoms with Crippen LogP contribution in [-0.4, -0.2) is 38.5 Å². The second-order valence-electron chi connectivity index (χ2n) is 7.29. The van der Waals surface area contributed by atoms with E-state index in [1.807, 2.05) is 42.5 Å². The molecular formula is C23H21N5O2. The number of fused-ring (bicyclic) bond motifs is 1. The van der Waals surface area contributed by atoms with Gasteiger partial charge in [0.15, 0.2) is 11.5 Å². The summed E-state index contributed by atoms with van der Waals surface area (Å²) in [7, 11) is 0. The van der Waals surface area contributed by atoms with Crippen LogP contribution in [0.25, 0.3) is 16.8 Å². The summed E-state index contributed by atoms with van der Waals surface area (Å²) in [6, 6.07) is 21.8. The first-order valence-corrected chi connectivity index (χ1v) is 9.84. The summed E-state index contributed by atoms with van der Waals surface area (Å²) in [5.41, 5.74) is 4.97. The summed E-state index contributed by atoms with van der Waals surface area (Å²) in [5.74, 6) is 1.31. The van der Waals surface area contributed by atoms with Crippen molar-refractivity contribution in [3.63, 3.8) is 0 Å². The summed E-state index contributed by atoms with van der Waals surface area (Å²) < 4.78 is 7.62. The Morgan fingerprint density at radius 1 is 1.00 bits per heavy atom. The lowest BCUT2D eigenvalue weighted by molar-refractivity contribution is 0.311. The van der Waals surface area contributed by atoms with Gasteiger partial charge < -0.3 is 14.7 Å². The molecule has 0 radical (unpaired) electrons. The van der Waals surface area contributed by atoms with Crippen molar-refractivity contribution in [2.24, 2.45) is 0 Å². The number of phenolic OH excluding ortho intramolecular Hbond substituents is 1. The van der Waals surface area contributed by atoms with Crippen LogP contribution in [0, 0.1) is 6.92 Å². The Labute approximate surface area is 174 Å². The highest BCUT2D eigenvalue weighted by molar-refractivity contribution is 5.72. The number of benzene rings is 3. The second kappa shape index (κ2) is 7.51. The Hall–Kier alpha value is -3.87. The molecule has 1 N–H and O–H groups in total. The molecule has 4 aromatic rings. The van der Waals surface area contributed by atoms with E-state index in [1.165, 1.54) is 0 Å². The highest BCUT2D eigenvalue weighted by Crippen LogP contribution is 2.38. The molecule has 0 saturated heterocycles. The van der Waals surface area contributed by atoms with Crippen molar-refractivity contribution in [1.29, 1.82) is 0 Å². The highest BCUT2D eigenvalue weighted by Gasteiger charge is 2.24. The lowest BCUT2D eigenvalue weighted by Crippen LogP contribution is -2.28. The zero-order valence-electron chi connectivity index (χ0n) is 16.6. The molecule has 0 atom stereocenters. The third kappa shape index (κ3) is 3.24. The topological polar surface area (TPSA) is 76.3 Å². The van der Waals surface area contributed by atoms with Crippen molar-refractivity contribution in [2.75, 3.05) is 18.1 Å². The molecule has 2 heterocycles. The van der Waals surface area contributed by atoms with Gasteiger partial charge in [0.25, 0.3) is 5.95 Å². The molecule has 0 fully saturated rings. The molecule has 0 unspecified atom stereocenters. The van der Waals surface area contributed by atoms with Crippen LogP contribution >= 0.6 is 0 Å². The Morgan fingerprint density at radius 3 is 2.63 bits per heavy atom. The molecule has 5 rings (SSSR count). The lowest BCUT2D eigenvalue weighted by Gasteiger charge is -2.20. The SMILES string of the molecule is Cc1ccccc1-c1cc(O)c2c(c1)CN(c1nnnn1-c1ccccc1)CCO2. The van der Waals surface area contributed by atoms with Gasteiger partial charge in [0.1, 0.15) is 6.61 Å². The van der Waals surface area contributed by atoms with Crippen molar-refractivity contribution in [3.8, 4) is 28.3 Å². The van der Waals surface area contributed by atoms with Crippen molar-refractivity contribution in [2.45, 2.75) is 13.5 Å². The minimum Gasteiger partial charge on any atom is -0.504 e. The number of aromatic hydroxyl groups is 1. The van der Waals surface area contributed by atoms with E-state index in [-0.39, 0.29) is 5.75 Å². The number of phenols is 1. The van der Waals surface area contributed by atoms with Crippen molar-refractivity contribution in [1.82, 2.24) is 20.2 Å². The lowest BCUT2D eigenvalue weighted by atomic mass is 9.98. The molecular weight excluding hydrogens is 378 g/mol. The minimum absolute atomic E-state index is 0.148. The number of nitrogens with zero attached hydrogens (tertiary/aromatic N) is 5. The van der Waals surface area contributed by atoms with Crippen LogP contribution in [-0.2, 0) is 6.54 Å². The molecule has 1 aliphatic rings. The summed E-state index contributed by atoms with van der Waals surface area (Å²) in [6.07, 6.45) is 0. The summed E-state index contributed by atoms with van der Waals surface area (Å²) in [5, 5.41) is 23.0. The van der Waals surface area contributed by atoms with Gasteiger partial charge in [0.05, 0.1) is 12.2 Å². The summed E-state index contributed by atoms with van der Waals surface area (Å²) in [4.78, 5) is 2.07.